The van der Waals surface area contributed by atoms with Crippen molar-refractivity contribution in [3.05, 3.63) is 60.0 Å². The Bertz CT molecular complexity index is 699. The fourth-order valence-electron chi connectivity index (χ4n) is 3.35. The molecule has 0 radical (unpaired) electrons. The zero-order valence-electron chi connectivity index (χ0n) is 13.7. The molecular weight excluding hydrogens is 306 g/mol. The summed E-state index contributed by atoms with van der Waals surface area (Å²) in [6.45, 7) is 4.59. The van der Waals surface area contributed by atoms with Crippen LogP contribution in [-0.2, 0) is 16.1 Å². The standard InChI is InChI=1S/C18H21N3O3/c1-3-14(22)17(23)16-18(24)20-11-7-10-15(20)21(19(16)2)12-13-8-5-4-6-9-13/h3-6,8-9,15,23H,1,7,10-12H2,2H3/b17-16+. The van der Waals surface area contributed by atoms with E-state index in [0.29, 0.717) is 13.1 Å². The van der Waals surface area contributed by atoms with Crippen LogP contribution in [0.5, 0.6) is 0 Å². The second kappa shape index (κ2) is 6.49. The van der Waals surface area contributed by atoms with Gasteiger partial charge in [-0.25, -0.2) is 0 Å². The number of nitrogens with zero attached hydrogens (tertiary/aromatic N) is 3. The highest BCUT2D eigenvalue weighted by atomic mass is 16.3. The van der Waals surface area contributed by atoms with Gasteiger partial charge in [-0.1, -0.05) is 36.9 Å². The smallest absolute Gasteiger partial charge is 0.276 e. The van der Waals surface area contributed by atoms with Gasteiger partial charge in [0, 0.05) is 20.1 Å². The van der Waals surface area contributed by atoms with Crippen LogP contribution in [0.2, 0.25) is 0 Å². The molecule has 3 rings (SSSR count). The molecule has 6 heteroatoms. The minimum atomic E-state index is -0.650. The highest BCUT2D eigenvalue weighted by Gasteiger charge is 2.44. The number of ketones is 1. The summed E-state index contributed by atoms with van der Waals surface area (Å²) in [7, 11) is 1.71. The molecule has 1 N–H and O–H groups in total. The second-order valence-corrected chi connectivity index (χ2v) is 5.99. The van der Waals surface area contributed by atoms with Crippen LogP contribution in [-0.4, -0.2) is 51.5 Å². The Morgan fingerprint density at radius 2 is 2.08 bits per heavy atom. The van der Waals surface area contributed by atoms with Crippen LogP contribution in [0.15, 0.2) is 54.4 Å². The topological polar surface area (TPSA) is 64.1 Å². The van der Waals surface area contributed by atoms with Gasteiger partial charge < -0.3 is 10.0 Å². The first kappa shape index (κ1) is 16.3. The van der Waals surface area contributed by atoms with E-state index in [1.165, 1.54) is 0 Å². The number of aliphatic hydroxyl groups excluding tert-OH is 1. The van der Waals surface area contributed by atoms with E-state index in [0.717, 1.165) is 24.5 Å². The summed E-state index contributed by atoms with van der Waals surface area (Å²) in [5.41, 5.74) is 1.11. The molecule has 0 aliphatic carbocycles. The van der Waals surface area contributed by atoms with Gasteiger partial charge in [0.15, 0.2) is 11.5 Å². The van der Waals surface area contributed by atoms with Crippen molar-refractivity contribution in [2.24, 2.45) is 0 Å². The third-order valence-electron chi connectivity index (χ3n) is 4.57. The number of allylic oxidation sites excluding steroid dienone is 1. The molecule has 1 aromatic rings. The van der Waals surface area contributed by atoms with Crippen molar-refractivity contribution in [3.8, 4) is 0 Å². The first-order valence-corrected chi connectivity index (χ1v) is 7.99. The van der Waals surface area contributed by atoms with Crippen LogP contribution in [0, 0.1) is 0 Å². The van der Waals surface area contributed by atoms with E-state index in [-0.39, 0.29) is 17.8 Å². The molecule has 1 amide bonds. The Labute approximate surface area is 141 Å². The second-order valence-electron chi connectivity index (χ2n) is 5.99. The van der Waals surface area contributed by atoms with Crippen molar-refractivity contribution in [1.29, 1.82) is 0 Å². The molecule has 0 bridgehead atoms. The lowest BCUT2D eigenvalue weighted by atomic mass is 10.1. The van der Waals surface area contributed by atoms with E-state index >= 15 is 0 Å². The van der Waals surface area contributed by atoms with E-state index in [4.69, 9.17) is 0 Å². The Kier molecular flexibility index (Phi) is 4.40. The summed E-state index contributed by atoms with van der Waals surface area (Å²) in [5, 5.41) is 13.9. The molecular formula is C18H21N3O3. The minimum Gasteiger partial charge on any atom is -0.503 e. The molecule has 2 fully saturated rings. The molecule has 1 aromatic carbocycles. The predicted octanol–water partition coefficient (Wildman–Crippen LogP) is 1.82. The van der Waals surface area contributed by atoms with Gasteiger partial charge in [0.2, 0.25) is 5.78 Å². The van der Waals surface area contributed by atoms with Gasteiger partial charge >= 0.3 is 0 Å². The Hall–Kier alpha value is -2.60. The third-order valence-corrected chi connectivity index (χ3v) is 4.57. The van der Waals surface area contributed by atoms with Crippen LogP contribution in [0.25, 0.3) is 0 Å². The van der Waals surface area contributed by atoms with Gasteiger partial charge in [0.25, 0.3) is 5.91 Å². The van der Waals surface area contributed by atoms with Crippen molar-refractivity contribution in [1.82, 2.24) is 14.9 Å². The number of amides is 1. The number of fused-ring (bicyclic) bond motifs is 1. The summed E-state index contributed by atoms with van der Waals surface area (Å²) in [4.78, 5) is 26.3. The molecule has 2 saturated heterocycles. The van der Waals surface area contributed by atoms with Gasteiger partial charge in [-0.2, -0.15) is 5.01 Å². The first-order chi connectivity index (χ1) is 11.5. The fraction of sp³-hybridized carbons (Fsp3) is 0.333. The van der Waals surface area contributed by atoms with Crippen LogP contribution in [0.3, 0.4) is 0 Å². The predicted molar refractivity (Wildman–Crippen MR) is 89.3 cm³/mol. The monoisotopic (exact) mass is 327 g/mol. The fourth-order valence-corrected chi connectivity index (χ4v) is 3.35. The van der Waals surface area contributed by atoms with Crippen molar-refractivity contribution in [3.63, 3.8) is 0 Å². The molecule has 126 valence electrons. The quantitative estimate of drug-likeness (QED) is 0.675. The average Bonchev–Trinajstić information content (AvgIpc) is 3.08. The molecule has 1 atom stereocenters. The lowest BCUT2D eigenvalue weighted by molar-refractivity contribution is -0.159. The number of rotatable bonds is 4. The van der Waals surface area contributed by atoms with Crippen LogP contribution >= 0.6 is 0 Å². The number of hydrogen-bond donors (Lipinski definition) is 1. The molecule has 2 aliphatic rings. The molecule has 1 unspecified atom stereocenters. The van der Waals surface area contributed by atoms with Crippen molar-refractivity contribution < 1.29 is 14.7 Å². The lowest BCUT2D eigenvalue weighted by Gasteiger charge is -2.47. The normalized spacial score (nSPS) is 23.2. The number of aliphatic hydroxyl groups is 1. The van der Waals surface area contributed by atoms with Crippen LogP contribution in [0.4, 0.5) is 0 Å². The Morgan fingerprint density at radius 3 is 2.75 bits per heavy atom. The summed E-state index contributed by atoms with van der Waals surface area (Å²) in [5.74, 6) is -1.51. The highest BCUT2D eigenvalue weighted by Crippen LogP contribution is 2.32. The largest absolute Gasteiger partial charge is 0.503 e. The maximum absolute atomic E-state index is 12.7. The molecule has 24 heavy (non-hydrogen) atoms. The van der Waals surface area contributed by atoms with E-state index in [1.807, 2.05) is 35.3 Å². The van der Waals surface area contributed by atoms with Crippen LogP contribution in [0.1, 0.15) is 18.4 Å². The average molecular weight is 327 g/mol. The maximum Gasteiger partial charge on any atom is 0.276 e. The molecule has 2 aliphatic heterocycles. The van der Waals surface area contributed by atoms with Crippen molar-refractivity contribution in [2.75, 3.05) is 13.6 Å². The number of hydrazine groups is 1. The van der Waals surface area contributed by atoms with E-state index in [1.54, 1.807) is 17.0 Å². The first-order valence-electron chi connectivity index (χ1n) is 7.99. The Balaban J connectivity index is 1.99. The van der Waals surface area contributed by atoms with Gasteiger partial charge in [-0.15, -0.1) is 0 Å². The van der Waals surface area contributed by atoms with Crippen molar-refractivity contribution >= 4 is 11.7 Å². The maximum atomic E-state index is 12.7. The number of carbonyl (C=O) groups excluding carboxylic acids is 2. The molecule has 0 saturated carbocycles. The zero-order valence-corrected chi connectivity index (χ0v) is 13.7. The summed E-state index contributed by atoms with van der Waals surface area (Å²) in [6.07, 6.45) is 2.73. The minimum absolute atomic E-state index is 0.00832. The summed E-state index contributed by atoms with van der Waals surface area (Å²) < 4.78 is 0. The van der Waals surface area contributed by atoms with Gasteiger partial charge in [-0.05, 0) is 24.5 Å². The molecule has 6 nitrogen and oxygen atoms in total. The summed E-state index contributed by atoms with van der Waals surface area (Å²) >= 11 is 0. The molecule has 0 spiro atoms. The van der Waals surface area contributed by atoms with Crippen LogP contribution < -0.4 is 0 Å². The van der Waals surface area contributed by atoms with E-state index < -0.39 is 11.5 Å². The lowest BCUT2D eigenvalue weighted by Crippen LogP contribution is -2.60. The number of carbonyl (C=O) groups is 2. The van der Waals surface area contributed by atoms with Crippen molar-refractivity contribution in [2.45, 2.75) is 25.6 Å². The van der Waals surface area contributed by atoms with E-state index in [9.17, 15) is 14.7 Å². The highest BCUT2D eigenvalue weighted by molar-refractivity contribution is 6.08. The van der Waals surface area contributed by atoms with Gasteiger partial charge in [0.05, 0.1) is 0 Å². The SMILES string of the molecule is C=CC(=O)/C(O)=C1/C(=O)N2CCCC2N(Cc2ccccc2)N1C. The van der Waals surface area contributed by atoms with E-state index in [2.05, 4.69) is 6.58 Å². The Morgan fingerprint density at radius 1 is 1.38 bits per heavy atom. The number of hydrogen-bond acceptors (Lipinski definition) is 5. The summed E-state index contributed by atoms with van der Waals surface area (Å²) in [6, 6.07) is 9.91. The number of benzene rings is 1. The molecule has 2 heterocycles. The molecule has 0 aromatic heterocycles. The number of likely N-dealkylation sites (N-methyl/N-ethyl adjacent to an activating group) is 1. The van der Waals surface area contributed by atoms with Gasteiger partial charge in [-0.3, -0.25) is 14.6 Å². The van der Waals surface area contributed by atoms with Gasteiger partial charge in [0.1, 0.15) is 6.17 Å². The third kappa shape index (κ3) is 2.69. The zero-order chi connectivity index (χ0) is 17.3.